The first kappa shape index (κ1) is 16.5. The number of aryl methyl sites for hydroxylation is 2. The lowest BCUT2D eigenvalue weighted by Gasteiger charge is -2.32. The summed E-state index contributed by atoms with van der Waals surface area (Å²) in [6, 6.07) is 1.80. The zero-order chi connectivity index (χ0) is 17.3. The molecule has 2 amide bonds. The molecule has 1 fully saturated rings. The molecule has 1 atom stereocenters. The average molecular weight is 332 g/mol. The summed E-state index contributed by atoms with van der Waals surface area (Å²) < 4.78 is 9.31. The Morgan fingerprint density at radius 3 is 2.88 bits per heavy atom. The topological polar surface area (TPSA) is 77.2 Å². The Morgan fingerprint density at radius 1 is 1.42 bits per heavy atom. The monoisotopic (exact) mass is 332 g/mol. The smallest absolute Gasteiger partial charge is 0.322 e. The van der Waals surface area contributed by atoms with Gasteiger partial charge in [0.25, 0.3) is 0 Å². The van der Waals surface area contributed by atoms with Gasteiger partial charge < -0.3 is 15.0 Å². The van der Waals surface area contributed by atoms with E-state index >= 15 is 0 Å². The number of nitrogens with one attached hydrogen (secondary N) is 1. The molecule has 8 heteroatoms. The average Bonchev–Trinajstić information content (AvgIpc) is 3.13. The molecular weight excluding hydrogens is 308 g/mol. The predicted molar refractivity (Wildman–Crippen MR) is 89.8 cm³/mol. The van der Waals surface area contributed by atoms with Crippen molar-refractivity contribution in [3.63, 3.8) is 0 Å². The number of urea groups is 1. The van der Waals surface area contributed by atoms with Crippen LogP contribution in [0.25, 0.3) is 0 Å². The van der Waals surface area contributed by atoms with Gasteiger partial charge in [-0.1, -0.05) is 13.8 Å². The molecule has 0 aliphatic carbocycles. The van der Waals surface area contributed by atoms with Crippen LogP contribution in [-0.4, -0.2) is 50.2 Å². The lowest BCUT2D eigenvalue weighted by Crippen LogP contribution is -2.44. The molecule has 130 valence electrons. The summed E-state index contributed by atoms with van der Waals surface area (Å²) in [7, 11) is 3.73. The van der Waals surface area contributed by atoms with Gasteiger partial charge >= 0.3 is 6.03 Å². The Kier molecular flexibility index (Phi) is 4.57. The minimum absolute atomic E-state index is 0.125. The molecule has 0 bridgehead atoms. The van der Waals surface area contributed by atoms with Crippen LogP contribution in [-0.2, 0) is 18.8 Å². The maximum absolute atomic E-state index is 12.7. The van der Waals surface area contributed by atoms with E-state index in [1.807, 2.05) is 26.4 Å². The molecule has 1 saturated heterocycles. The Bertz CT molecular complexity index is 720. The van der Waals surface area contributed by atoms with Gasteiger partial charge in [0.05, 0.1) is 30.2 Å². The highest BCUT2D eigenvalue weighted by molar-refractivity contribution is 5.90. The SMILES string of the molecule is CC(C)c1nn(C)cc1NC(=O)N1CCOC(c2ccnn2C)C1. The summed E-state index contributed by atoms with van der Waals surface area (Å²) in [5.41, 5.74) is 2.63. The molecule has 1 aliphatic heterocycles. The van der Waals surface area contributed by atoms with Crippen LogP contribution in [0.5, 0.6) is 0 Å². The quantitative estimate of drug-likeness (QED) is 0.931. The van der Waals surface area contributed by atoms with Gasteiger partial charge in [-0.2, -0.15) is 10.2 Å². The number of hydrogen-bond acceptors (Lipinski definition) is 4. The van der Waals surface area contributed by atoms with E-state index in [0.29, 0.717) is 19.7 Å². The Morgan fingerprint density at radius 2 is 2.21 bits per heavy atom. The number of morpholine rings is 1. The van der Waals surface area contributed by atoms with Crippen molar-refractivity contribution in [3.05, 3.63) is 29.8 Å². The van der Waals surface area contributed by atoms with E-state index in [9.17, 15) is 4.79 Å². The first-order valence-corrected chi connectivity index (χ1v) is 8.14. The summed E-state index contributed by atoms with van der Waals surface area (Å²) in [5.74, 6) is 0.244. The summed E-state index contributed by atoms with van der Waals surface area (Å²) in [5, 5.41) is 11.6. The third kappa shape index (κ3) is 3.28. The molecule has 0 radical (unpaired) electrons. The summed E-state index contributed by atoms with van der Waals surface area (Å²) in [6.45, 7) is 5.70. The van der Waals surface area contributed by atoms with Gasteiger partial charge in [0.2, 0.25) is 0 Å². The minimum Gasteiger partial charge on any atom is -0.368 e. The number of ether oxygens (including phenoxy) is 1. The molecular formula is C16H24N6O2. The van der Waals surface area contributed by atoms with Crippen LogP contribution in [0.1, 0.15) is 37.3 Å². The Balaban J connectivity index is 1.70. The van der Waals surface area contributed by atoms with Crippen molar-refractivity contribution >= 4 is 11.7 Å². The molecule has 2 aromatic rings. The largest absolute Gasteiger partial charge is 0.368 e. The third-order valence-corrected chi connectivity index (χ3v) is 4.19. The van der Waals surface area contributed by atoms with Crippen LogP contribution in [0.15, 0.2) is 18.5 Å². The van der Waals surface area contributed by atoms with E-state index in [2.05, 4.69) is 29.4 Å². The van der Waals surface area contributed by atoms with Crippen molar-refractivity contribution in [2.45, 2.75) is 25.9 Å². The molecule has 1 N–H and O–H groups in total. The molecule has 1 aliphatic rings. The molecule has 2 aromatic heterocycles. The summed E-state index contributed by atoms with van der Waals surface area (Å²) >= 11 is 0. The third-order valence-electron chi connectivity index (χ3n) is 4.19. The van der Waals surface area contributed by atoms with Crippen molar-refractivity contribution in [3.8, 4) is 0 Å². The first-order valence-electron chi connectivity index (χ1n) is 8.14. The van der Waals surface area contributed by atoms with Crippen LogP contribution >= 0.6 is 0 Å². The molecule has 3 heterocycles. The fraction of sp³-hybridized carbons (Fsp3) is 0.562. The number of amides is 2. The second-order valence-electron chi connectivity index (χ2n) is 6.37. The number of rotatable bonds is 3. The molecule has 0 saturated carbocycles. The number of carbonyl (C=O) groups excluding carboxylic acids is 1. The summed E-state index contributed by atoms with van der Waals surface area (Å²) in [4.78, 5) is 14.4. The normalized spacial score (nSPS) is 18.2. The number of aromatic nitrogens is 4. The van der Waals surface area contributed by atoms with Gasteiger partial charge in [-0.15, -0.1) is 0 Å². The molecule has 3 rings (SSSR count). The van der Waals surface area contributed by atoms with E-state index in [-0.39, 0.29) is 18.1 Å². The summed E-state index contributed by atoms with van der Waals surface area (Å²) in [6.07, 6.45) is 3.42. The maximum atomic E-state index is 12.7. The molecule has 0 aromatic carbocycles. The van der Waals surface area contributed by atoms with E-state index in [0.717, 1.165) is 17.1 Å². The van der Waals surface area contributed by atoms with Gasteiger partial charge in [-0.3, -0.25) is 9.36 Å². The Labute approximate surface area is 141 Å². The highest BCUT2D eigenvalue weighted by Gasteiger charge is 2.28. The number of hydrogen-bond donors (Lipinski definition) is 1. The number of nitrogens with zero attached hydrogens (tertiary/aromatic N) is 5. The van der Waals surface area contributed by atoms with Crippen molar-refractivity contribution < 1.29 is 9.53 Å². The van der Waals surface area contributed by atoms with E-state index in [1.54, 1.807) is 20.5 Å². The standard InChI is InChI=1S/C16H24N6O2/c1-11(2)15-12(9-20(3)19-15)18-16(23)22-7-8-24-14(10-22)13-5-6-17-21(13)4/h5-6,9,11,14H,7-8,10H2,1-4H3,(H,18,23). The minimum atomic E-state index is -0.157. The number of anilines is 1. The van der Waals surface area contributed by atoms with Crippen molar-refractivity contribution in [1.29, 1.82) is 0 Å². The zero-order valence-electron chi connectivity index (χ0n) is 14.6. The van der Waals surface area contributed by atoms with Gasteiger partial charge in [0, 0.05) is 33.0 Å². The second-order valence-corrected chi connectivity index (χ2v) is 6.37. The highest BCUT2D eigenvalue weighted by atomic mass is 16.5. The van der Waals surface area contributed by atoms with Gasteiger partial charge in [-0.05, 0) is 12.0 Å². The molecule has 1 unspecified atom stereocenters. The van der Waals surface area contributed by atoms with Crippen LogP contribution in [0, 0.1) is 0 Å². The van der Waals surface area contributed by atoms with E-state index in [1.165, 1.54) is 0 Å². The molecule has 24 heavy (non-hydrogen) atoms. The number of carbonyl (C=O) groups is 1. The van der Waals surface area contributed by atoms with Crippen LogP contribution in [0.3, 0.4) is 0 Å². The second kappa shape index (κ2) is 6.64. The fourth-order valence-corrected chi connectivity index (χ4v) is 2.94. The maximum Gasteiger partial charge on any atom is 0.322 e. The van der Waals surface area contributed by atoms with E-state index in [4.69, 9.17) is 4.74 Å². The van der Waals surface area contributed by atoms with Crippen LogP contribution in [0.2, 0.25) is 0 Å². The van der Waals surface area contributed by atoms with Crippen molar-refractivity contribution in [2.75, 3.05) is 25.0 Å². The van der Waals surface area contributed by atoms with Gasteiger partial charge in [0.1, 0.15) is 6.10 Å². The highest BCUT2D eigenvalue weighted by Crippen LogP contribution is 2.24. The lowest BCUT2D eigenvalue weighted by atomic mass is 10.1. The zero-order valence-corrected chi connectivity index (χ0v) is 14.6. The van der Waals surface area contributed by atoms with E-state index < -0.39 is 0 Å². The van der Waals surface area contributed by atoms with Gasteiger partial charge in [-0.25, -0.2) is 4.79 Å². The predicted octanol–water partition coefficient (Wildman–Crippen LogP) is 1.88. The van der Waals surface area contributed by atoms with Crippen molar-refractivity contribution in [1.82, 2.24) is 24.5 Å². The van der Waals surface area contributed by atoms with Crippen molar-refractivity contribution in [2.24, 2.45) is 14.1 Å². The molecule has 8 nitrogen and oxygen atoms in total. The molecule has 0 spiro atoms. The first-order chi connectivity index (χ1) is 11.5. The van der Waals surface area contributed by atoms with Crippen LogP contribution < -0.4 is 5.32 Å². The lowest BCUT2D eigenvalue weighted by molar-refractivity contribution is -0.0175. The fourth-order valence-electron chi connectivity index (χ4n) is 2.94. The Hall–Kier alpha value is -2.35. The van der Waals surface area contributed by atoms with Crippen LogP contribution in [0.4, 0.5) is 10.5 Å². The van der Waals surface area contributed by atoms with Gasteiger partial charge in [0.15, 0.2) is 0 Å².